The monoisotopic (exact) mass is 285 g/mol. The summed E-state index contributed by atoms with van der Waals surface area (Å²) in [4.78, 5) is 11.7. The van der Waals surface area contributed by atoms with E-state index in [0.29, 0.717) is 12.3 Å². The van der Waals surface area contributed by atoms with Crippen molar-refractivity contribution in [2.45, 2.75) is 13.0 Å². The normalized spacial score (nSPS) is 10.1. The third kappa shape index (κ3) is 5.28. The van der Waals surface area contributed by atoms with Crippen molar-refractivity contribution in [3.8, 4) is 0 Å². The molecule has 0 fully saturated rings. The number of anilines is 1. The highest BCUT2D eigenvalue weighted by Gasteiger charge is 2.03. The summed E-state index contributed by atoms with van der Waals surface area (Å²) in [7, 11) is 1.68. The summed E-state index contributed by atoms with van der Waals surface area (Å²) in [5, 5.41) is 2.70. The standard InChI is InChI=1S/C17H19NO3/c1-20-12-11-14-7-9-16(10-8-14)18-17(19)21-13-15-5-3-2-4-6-15/h2-10H,11-13H2,1H3,(H,18,19). The van der Waals surface area contributed by atoms with Gasteiger partial charge in [0.1, 0.15) is 6.61 Å². The zero-order chi connectivity index (χ0) is 14.9. The molecule has 1 amide bonds. The van der Waals surface area contributed by atoms with Crippen molar-refractivity contribution < 1.29 is 14.3 Å². The first-order valence-electron chi connectivity index (χ1n) is 6.83. The van der Waals surface area contributed by atoms with Crippen LogP contribution in [-0.4, -0.2) is 19.8 Å². The SMILES string of the molecule is COCCc1ccc(NC(=O)OCc2ccccc2)cc1. The van der Waals surface area contributed by atoms with Gasteiger partial charge in [-0.2, -0.15) is 0 Å². The van der Waals surface area contributed by atoms with Gasteiger partial charge in [-0.05, 0) is 29.7 Å². The Kier molecular flexibility index (Phi) is 5.79. The molecule has 0 aliphatic carbocycles. The van der Waals surface area contributed by atoms with Crippen LogP contribution in [0.15, 0.2) is 54.6 Å². The summed E-state index contributed by atoms with van der Waals surface area (Å²) < 4.78 is 10.2. The smallest absolute Gasteiger partial charge is 0.411 e. The molecule has 0 atom stereocenters. The third-order valence-electron chi connectivity index (χ3n) is 3.01. The van der Waals surface area contributed by atoms with Crippen LogP contribution >= 0.6 is 0 Å². The van der Waals surface area contributed by atoms with Crippen LogP contribution in [-0.2, 0) is 22.5 Å². The minimum Gasteiger partial charge on any atom is -0.444 e. The first-order chi connectivity index (χ1) is 10.3. The number of methoxy groups -OCH3 is 1. The van der Waals surface area contributed by atoms with Crippen molar-refractivity contribution in [3.63, 3.8) is 0 Å². The Labute approximate surface area is 124 Å². The van der Waals surface area contributed by atoms with Gasteiger partial charge in [0.2, 0.25) is 0 Å². The number of ether oxygens (including phenoxy) is 2. The molecule has 0 aliphatic heterocycles. The Balaban J connectivity index is 1.79. The summed E-state index contributed by atoms with van der Waals surface area (Å²) in [6, 6.07) is 17.2. The van der Waals surface area contributed by atoms with E-state index in [9.17, 15) is 4.79 Å². The number of nitrogens with one attached hydrogen (secondary N) is 1. The molecule has 0 unspecified atom stereocenters. The van der Waals surface area contributed by atoms with Gasteiger partial charge >= 0.3 is 6.09 Å². The number of carbonyl (C=O) groups is 1. The average Bonchev–Trinajstić information content (AvgIpc) is 2.53. The van der Waals surface area contributed by atoms with Crippen LogP contribution in [0.4, 0.5) is 10.5 Å². The van der Waals surface area contributed by atoms with Gasteiger partial charge in [-0.1, -0.05) is 42.5 Å². The maximum Gasteiger partial charge on any atom is 0.411 e. The highest BCUT2D eigenvalue weighted by atomic mass is 16.5. The van der Waals surface area contributed by atoms with Crippen molar-refractivity contribution >= 4 is 11.8 Å². The van der Waals surface area contributed by atoms with E-state index in [1.807, 2.05) is 54.6 Å². The topological polar surface area (TPSA) is 47.6 Å². The Bertz CT molecular complexity index is 552. The molecule has 2 aromatic rings. The molecular formula is C17H19NO3. The lowest BCUT2D eigenvalue weighted by molar-refractivity contribution is 0.155. The molecule has 4 heteroatoms. The van der Waals surface area contributed by atoms with Crippen LogP contribution in [0.3, 0.4) is 0 Å². The highest BCUT2D eigenvalue weighted by Crippen LogP contribution is 2.11. The molecule has 0 aliphatic rings. The molecular weight excluding hydrogens is 266 g/mol. The van der Waals surface area contributed by atoms with Gasteiger partial charge in [0.15, 0.2) is 0 Å². The lowest BCUT2D eigenvalue weighted by Gasteiger charge is -2.08. The number of hydrogen-bond acceptors (Lipinski definition) is 3. The summed E-state index contributed by atoms with van der Waals surface area (Å²) in [6.07, 6.45) is 0.401. The van der Waals surface area contributed by atoms with Crippen molar-refractivity contribution in [1.82, 2.24) is 0 Å². The maximum absolute atomic E-state index is 11.7. The predicted octanol–water partition coefficient (Wildman–Crippen LogP) is 3.62. The Morgan fingerprint density at radius 3 is 2.38 bits per heavy atom. The predicted molar refractivity (Wildman–Crippen MR) is 82.3 cm³/mol. The summed E-state index contributed by atoms with van der Waals surface area (Å²) in [6.45, 7) is 0.949. The van der Waals surface area contributed by atoms with Crippen molar-refractivity contribution in [2.75, 3.05) is 19.0 Å². The molecule has 0 heterocycles. The van der Waals surface area contributed by atoms with Gasteiger partial charge in [-0.3, -0.25) is 5.32 Å². The lowest BCUT2D eigenvalue weighted by Crippen LogP contribution is -2.13. The Morgan fingerprint density at radius 1 is 1.00 bits per heavy atom. The number of hydrogen-bond donors (Lipinski definition) is 1. The zero-order valence-corrected chi connectivity index (χ0v) is 12.0. The van der Waals surface area contributed by atoms with E-state index in [0.717, 1.165) is 12.0 Å². The van der Waals surface area contributed by atoms with Gasteiger partial charge in [-0.25, -0.2) is 4.79 Å². The van der Waals surface area contributed by atoms with Gasteiger partial charge in [0, 0.05) is 12.8 Å². The van der Waals surface area contributed by atoms with Gasteiger partial charge < -0.3 is 9.47 Å². The molecule has 0 saturated carbocycles. The van der Waals surface area contributed by atoms with Crippen molar-refractivity contribution in [3.05, 3.63) is 65.7 Å². The Morgan fingerprint density at radius 2 is 1.71 bits per heavy atom. The molecule has 4 nitrogen and oxygen atoms in total. The van der Waals surface area contributed by atoms with E-state index < -0.39 is 6.09 Å². The second-order valence-electron chi connectivity index (χ2n) is 4.63. The first-order valence-corrected chi connectivity index (χ1v) is 6.83. The van der Waals surface area contributed by atoms with Gasteiger partial charge in [0.05, 0.1) is 6.61 Å². The summed E-state index contributed by atoms with van der Waals surface area (Å²) in [5.41, 5.74) is 2.84. The molecule has 1 N–H and O–H groups in total. The minimum absolute atomic E-state index is 0.262. The minimum atomic E-state index is -0.455. The summed E-state index contributed by atoms with van der Waals surface area (Å²) >= 11 is 0. The van der Waals surface area contributed by atoms with Crippen LogP contribution in [0.25, 0.3) is 0 Å². The van der Waals surface area contributed by atoms with E-state index in [1.54, 1.807) is 7.11 Å². The van der Waals surface area contributed by atoms with Crippen LogP contribution in [0.1, 0.15) is 11.1 Å². The maximum atomic E-state index is 11.7. The van der Waals surface area contributed by atoms with E-state index in [-0.39, 0.29) is 6.61 Å². The summed E-state index contributed by atoms with van der Waals surface area (Å²) in [5.74, 6) is 0. The van der Waals surface area contributed by atoms with Crippen LogP contribution in [0.5, 0.6) is 0 Å². The van der Waals surface area contributed by atoms with E-state index >= 15 is 0 Å². The fourth-order valence-electron chi connectivity index (χ4n) is 1.85. The second kappa shape index (κ2) is 8.07. The molecule has 2 aromatic carbocycles. The first kappa shape index (κ1) is 15.1. The molecule has 0 radical (unpaired) electrons. The van der Waals surface area contributed by atoms with Gasteiger partial charge in [-0.15, -0.1) is 0 Å². The Hall–Kier alpha value is -2.33. The molecule has 0 spiro atoms. The van der Waals surface area contributed by atoms with Crippen LogP contribution in [0, 0.1) is 0 Å². The fourth-order valence-corrected chi connectivity index (χ4v) is 1.85. The molecule has 0 saturated heterocycles. The van der Waals surface area contributed by atoms with E-state index in [2.05, 4.69) is 5.32 Å². The van der Waals surface area contributed by atoms with Crippen molar-refractivity contribution in [2.24, 2.45) is 0 Å². The second-order valence-corrected chi connectivity index (χ2v) is 4.63. The molecule has 21 heavy (non-hydrogen) atoms. The van der Waals surface area contributed by atoms with Gasteiger partial charge in [0.25, 0.3) is 0 Å². The number of amides is 1. The van der Waals surface area contributed by atoms with E-state index in [4.69, 9.17) is 9.47 Å². The number of benzene rings is 2. The molecule has 0 aromatic heterocycles. The molecule has 2 rings (SSSR count). The van der Waals surface area contributed by atoms with Crippen LogP contribution in [0.2, 0.25) is 0 Å². The third-order valence-corrected chi connectivity index (χ3v) is 3.01. The van der Waals surface area contributed by atoms with Crippen molar-refractivity contribution in [1.29, 1.82) is 0 Å². The molecule has 0 bridgehead atoms. The number of carbonyl (C=O) groups excluding carboxylic acids is 1. The quantitative estimate of drug-likeness (QED) is 0.881. The fraction of sp³-hybridized carbons (Fsp3) is 0.235. The average molecular weight is 285 g/mol. The largest absolute Gasteiger partial charge is 0.444 e. The number of rotatable bonds is 6. The molecule has 110 valence electrons. The van der Waals surface area contributed by atoms with E-state index in [1.165, 1.54) is 5.56 Å². The van der Waals surface area contributed by atoms with Crippen LogP contribution < -0.4 is 5.32 Å². The highest BCUT2D eigenvalue weighted by molar-refractivity contribution is 5.84. The zero-order valence-electron chi connectivity index (χ0n) is 12.0. The lowest BCUT2D eigenvalue weighted by atomic mass is 10.1.